The third-order valence-electron chi connectivity index (χ3n) is 1.68. The van der Waals surface area contributed by atoms with E-state index in [4.69, 9.17) is 17.0 Å². The van der Waals surface area contributed by atoms with Crippen LogP contribution >= 0.6 is 12.2 Å². The first kappa shape index (κ1) is 13.1. The average Bonchev–Trinajstić information content (AvgIpc) is 2.36. The highest BCUT2D eigenvalue weighted by atomic mass is 32.1. The second kappa shape index (κ2) is 6.59. The highest BCUT2D eigenvalue weighted by Gasteiger charge is 2.08. The Morgan fingerprint density at radius 1 is 1.47 bits per heavy atom. The molecule has 0 atom stereocenters. The second-order valence-electron chi connectivity index (χ2n) is 2.89. The van der Waals surface area contributed by atoms with E-state index in [-0.39, 0.29) is 11.6 Å². The minimum absolute atomic E-state index is 0.135. The molecule has 92 valence electrons. The van der Waals surface area contributed by atoms with Crippen LogP contribution in [0.15, 0.2) is 12.4 Å². The first-order valence-electron chi connectivity index (χ1n) is 4.87. The lowest BCUT2D eigenvalue weighted by atomic mass is 10.4. The lowest BCUT2D eigenvalue weighted by Gasteiger charge is -2.09. The number of rotatable bonds is 3. The fraction of sp³-hybridized carbons (Fsp3) is 0.333. The van der Waals surface area contributed by atoms with Gasteiger partial charge in [0.15, 0.2) is 10.8 Å². The van der Waals surface area contributed by atoms with Crippen LogP contribution in [0.5, 0.6) is 5.88 Å². The van der Waals surface area contributed by atoms with E-state index in [2.05, 4.69) is 26.1 Å². The molecular formula is C9H13N5O2S. The van der Waals surface area contributed by atoms with E-state index in [1.807, 2.05) is 6.92 Å². The van der Waals surface area contributed by atoms with Crippen LogP contribution in [0, 0.1) is 0 Å². The quantitative estimate of drug-likeness (QED) is 0.501. The first-order chi connectivity index (χ1) is 8.17. The molecule has 0 unspecified atom stereocenters. The monoisotopic (exact) mass is 255 g/mol. The van der Waals surface area contributed by atoms with Gasteiger partial charge in [0, 0.05) is 6.54 Å². The minimum Gasteiger partial charge on any atom is -0.480 e. The van der Waals surface area contributed by atoms with Crippen molar-refractivity contribution in [3.8, 4) is 5.88 Å². The molecule has 0 aromatic carbocycles. The number of hydrogen-bond donors (Lipinski definition) is 3. The molecule has 0 aliphatic rings. The third kappa shape index (κ3) is 4.19. The van der Waals surface area contributed by atoms with Crippen LogP contribution in [0.4, 0.5) is 0 Å². The zero-order valence-corrected chi connectivity index (χ0v) is 10.3. The normalized spacial score (nSPS) is 9.29. The van der Waals surface area contributed by atoms with Gasteiger partial charge < -0.3 is 10.1 Å². The molecular weight excluding hydrogens is 242 g/mol. The molecule has 0 fully saturated rings. The number of nitrogens with zero attached hydrogens (tertiary/aromatic N) is 2. The van der Waals surface area contributed by atoms with Gasteiger partial charge in [-0.3, -0.25) is 20.6 Å². The molecule has 7 nitrogen and oxygen atoms in total. The molecule has 0 radical (unpaired) electrons. The summed E-state index contributed by atoms with van der Waals surface area (Å²) in [7, 11) is 1.45. The summed E-state index contributed by atoms with van der Waals surface area (Å²) in [4.78, 5) is 19.3. The number of ether oxygens (including phenoxy) is 1. The van der Waals surface area contributed by atoms with Gasteiger partial charge in [-0.15, -0.1) is 0 Å². The van der Waals surface area contributed by atoms with Gasteiger partial charge in [0.2, 0.25) is 5.88 Å². The molecule has 3 N–H and O–H groups in total. The largest absolute Gasteiger partial charge is 0.480 e. The Labute approximate surface area is 104 Å². The van der Waals surface area contributed by atoms with Crippen molar-refractivity contribution < 1.29 is 9.53 Å². The summed E-state index contributed by atoms with van der Waals surface area (Å²) in [6.07, 6.45) is 2.74. The van der Waals surface area contributed by atoms with Crippen LogP contribution in [0.2, 0.25) is 0 Å². The van der Waals surface area contributed by atoms with Gasteiger partial charge in [-0.05, 0) is 19.1 Å². The second-order valence-corrected chi connectivity index (χ2v) is 3.29. The van der Waals surface area contributed by atoms with E-state index < -0.39 is 5.91 Å². The Kier molecular flexibility index (Phi) is 5.08. The van der Waals surface area contributed by atoms with Gasteiger partial charge in [0.1, 0.15) is 0 Å². The number of nitrogens with one attached hydrogen (secondary N) is 3. The van der Waals surface area contributed by atoms with Gasteiger partial charge in [-0.1, -0.05) is 0 Å². The highest BCUT2D eigenvalue weighted by Crippen LogP contribution is 2.02. The van der Waals surface area contributed by atoms with Crippen molar-refractivity contribution in [2.75, 3.05) is 13.7 Å². The number of amides is 1. The number of hydrazine groups is 1. The lowest BCUT2D eigenvalue weighted by molar-refractivity contribution is 0.0937. The van der Waals surface area contributed by atoms with Crippen LogP contribution < -0.4 is 20.9 Å². The minimum atomic E-state index is -0.448. The Bertz CT molecular complexity index is 412. The number of carbonyl (C=O) groups is 1. The maximum Gasteiger partial charge on any atom is 0.290 e. The van der Waals surface area contributed by atoms with Crippen molar-refractivity contribution in [1.29, 1.82) is 0 Å². The topological polar surface area (TPSA) is 88.2 Å². The predicted octanol–water partition coefficient (Wildman–Crippen LogP) is -0.386. The standard InChI is InChI=1S/C9H13N5O2S/c1-3-11-9(17)14-13-8(15)6-4-10-5-7(12-6)16-2/h4-5H,3H2,1-2H3,(H,13,15)(H2,11,14,17). The molecule has 1 amide bonds. The van der Waals surface area contributed by atoms with Crippen molar-refractivity contribution in [2.45, 2.75) is 6.92 Å². The third-order valence-corrected chi connectivity index (χ3v) is 1.93. The average molecular weight is 255 g/mol. The Hall–Kier alpha value is -1.96. The van der Waals surface area contributed by atoms with Crippen molar-refractivity contribution >= 4 is 23.2 Å². The van der Waals surface area contributed by atoms with E-state index in [0.717, 1.165) is 0 Å². The van der Waals surface area contributed by atoms with Crippen molar-refractivity contribution in [2.24, 2.45) is 0 Å². The van der Waals surface area contributed by atoms with Crippen molar-refractivity contribution in [3.05, 3.63) is 18.1 Å². The Morgan fingerprint density at radius 2 is 2.24 bits per heavy atom. The summed E-state index contributed by atoms with van der Waals surface area (Å²) in [6.45, 7) is 2.56. The zero-order chi connectivity index (χ0) is 12.7. The molecule has 1 aromatic rings. The molecule has 0 saturated heterocycles. The van der Waals surface area contributed by atoms with Crippen LogP contribution in [-0.2, 0) is 0 Å². The first-order valence-corrected chi connectivity index (χ1v) is 5.28. The van der Waals surface area contributed by atoms with Gasteiger partial charge in [-0.2, -0.15) is 0 Å². The molecule has 8 heteroatoms. The van der Waals surface area contributed by atoms with Gasteiger partial charge in [0.25, 0.3) is 5.91 Å². The van der Waals surface area contributed by atoms with E-state index in [0.29, 0.717) is 11.7 Å². The van der Waals surface area contributed by atoms with E-state index in [1.54, 1.807) is 0 Å². The summed E-state index contributed by atoms with van der Waals surface area (Å²) in [5.74, 6) is -0.177. The highest BCUT2D eigenvalue weighted by molar-refractivity contribution is 7.80. The van der Waals surface area contributed by atoms with Crippen LogP contribution in [0.3, 0.4) is 0 Å². The smallest absolute Gasteiger partial charge is 0.290 e. The van der Waals surface area contributed by atoms with E-state index >= 15 is 0 Å². The number of aromatic nitrogens is 2. The summed E-state index contributed by atoms with van der Waals surface area (Å²) < 4.78 is 4.86. The molecule has 17 heavy (non-hydrogen) atoms. The van der Waals surface area contributed by atoms with Gasteiger partial charge >= 0.3 is 0 Å². The Balaban J connectivity index is 2.54. The predicted molar refractivity (Wildman–Crippen MR) is 65.5 cm³/mol. The number of thiocarbonyl (C=S) groups is 1. The fourth-order valence-corrected chi connectivity index (χ4v) is 1.13. The van der Waals surface area contributed by atoms with Gasteiger partial charge in [-0.25, -0.2) is 4.98 Å². The summed E-state index contributed by atoms with van der Waals surface area (Å²) >= 11 is 4.87. The SMILES string of the molecule is CCNC(=S)NNC(=O)c1cncc(OC)n1. The van der Waals surface area contributed by atoms with Crippen molar-refractivity contribution in [3.63, 3.8) is 0 Å². The lowest BCUT2D eigenvalue weighted by Crippen LogP contribution is -2.46. The summed E-state index contributed by atoms with van der Waals surface area (Å²) in [6, 6.07) is 0. The number of carbonyl (C=O) groups excluding carboxylic acids is 1. The molecule has 1 rings (SSSR count). The summed E-state index contributed by atoms with van der Waals surface area (Å²) in [5.41, 5.74) is 5.05. The van der Waals surface area contributed by atoms with Crippen LogP contribution in [0.25, 0.3) is 0 Å². The Morgan fingerprint density at radius 3 is 2.88 bits per heavy atom. The molecule has 0 aliphatic heterocycles. The molecule has 1 heterocycles. The molecule has 0 bridgehead atoms. The molecule has 0 aliphatic carbocycles. The van der Waals surface area contributed by atoms with Crippen LogP contribution in [-0.4, -0.2) is 34.6 Å². The van der Waals surface area contributed by atoms with E-state index in [9.17, 15) is 4.79 Å². The molecule has 1 aromatic heterocycles. The summed E-state index contributed by atoms with van der Waals surface area (Å²) in [5, 5.41) is 3.15. The molecule has 0 spiro atoms. The zero-order valence-electron chi connectivity index (χ0n) is 9.48. The number of methoxy groups -OCH3 is 1. The number of hydrogen-bond acceptors (Lipinski definition) is 5. The van der Waals surface area contributed by atoms with Crippen molar-refractivity contribution in [1.82, 2.24) is 26.1 Å². The maximum absolute atomic E-state index is 11.6. The fourth-order valence-electron chi connectivity index (χ4n) is 0.938. The molecule has 0 saturated carbocycles. The van der Waals surface area contributed by atoms with E-state index in [1.165, 1.54) is 19.5 Å². The van der Waals surface area contributed by atoms with Crippen LogP contribution in [0.1, 0.15) is 17.4 Å². The van der Waals surface area contributed by atoms with Gasteiger partial charge in [0.05, 0.1) is 19.5 Å². The maximum atomic E-state index is 11.6.